The molecule has 0 aliphatic heterocycles. The fraction of sp³-hybridized carbons (Fsp3) is 0.231. The van der Waals surface area contributed by atoms with Crippen LogP contribution in [0.2, 0.25) is 0 Å². The van der Waals surface area contributed by atoms with Crippen molar-refractivity contribution in [2.24, 2.45) is 0 Å². The number of carbonyl (C=O) groups is 1. The highest BCUT2D eigenvalue weighted by Crippen LogP contribution is 2.39. The molecule has 0 amide bonds. The van der Waals surface area contributed by atoms with Crippen LogP contribution in [0.4, 0.5) is 0 Å². The Morgan fingerprint density at radius 3 is 1.91 bits per heavy atom. The SMILES string of the molecule is COc1ccc(C(O)(c2ccc(OC)cc2)c2cccc(OCC(=O)CC[C]=O)c2)cc1. The van der Waals surface area contributed by atoms with E-state index < -0.39 is 5.60 Å². The number of carbonyl (C=O) groups excluding carboxylic acids is 2. The van der Waals surface area contributed by atoms with Crippen molar-refractivity contribution in [2.75, 3.05) is 20.8 Å². The zero-order valence-electron chi connectivity index (χ0n) is 18.0. The van der Waals surface area contributed by atoms with Crippen LogP contribution in [0.25, 0.3) is 0 Å². The second-order valence-electron chi connectivity index (χ2n) is 7.17. The lowest BCUT2D eigenvalue weighted by atomic mass is 9.80. The van der Waals surface area contributed by atoms with Crippen LogP contribution in [0, 0.1) is 0 Å². The number of hydrogen-bond donors (Lipinski definition) is 1. The second-order valence-corrected chi connectivity index (χ2v) is 7.17. The molecule has 6 heteroatoms. The topological polar surface area (TPSA) is 82.1 Å². The summed E-state index contributed by atoms with van der Waals surface area (Å²) in [6, 6.07) is 21.3. The molecule has 3 rings (SSSR count). The van der Waals surface area contributed by atoms with Crippen LogP contribution in [0.1, 0.15) is 29.5 Å². The fourth-order valence-corrected chi connectivity index (χ4v) is 3.40. The summed E-state index contributed by atoms with van der Waals surface area (Å²) in [5.74, 6) is 1.59. The molecule has 0 saturated carbocycles. The number of methoxy groups -OCH3 is 2. The van der Waals surface area contributed by atoms with E-state index in [1.165, 1.54) is 0 Å². The van der Waals surface area contributed by atoms with Crippen molar-refractivity contribution in [3.63, 3.8) is 0 Å². The molecular formula is C26H25O6. The van der Waals surface area contributed by atoms with Crippen molar-refractivity contribution in [3.05, 3.63) is 89.5 Å². The first-order valence-electron chi connectivity index (χ1n) is 10.1. The number of hydrogen-bond acceptors (Lipinski definition) is 6. The molecule has 3 aromatic rings. The van der Waals surface area contributed by atoms with Gasteiger partial charge in [0, 0.05) is 12.8 Å². The predicted octanol–water partition coefficient (Wildman–Crippen LogP) is 3.83. The molecule has 0 unspecified atom stereocenters. The van der Waals surface area contributed by atoms with Crippen LogP contribution in [-0.2, 0) is 15.2 Å². The Labute approximate surface area is 187 Å². The lowest BCUT2D eigenvalue weighted by Gasteiger charge is -2.30. The number of rotatable bonds is 11. The summed E-state index contributed by atoms with van der Waals surface area (Å²) in [6.45, 7) is -0.158. The van der Waals surface area contributed by atoms with Gasteiger partial charge in [0.05, 0.1) is 14.2 Å². The molecule has 0 bridgehead atoms. The summed E-state index contributed by atoms with van der Waals surface area (Å²) >= 11 is 0. The van der Waals surface area contributed by atoms with Gasteiger partial charge >= 0.3 is 0 Å². The average molecular weight is 433 g/mol. The van der Waals surface area contributed by atoms with Gasteiger partial charge in [0.2, 0.25) is 0 Å². The van der Waals surface area contributed by atoms with E-state index in [-0.39, 0.29) is 25.2 Å². The molecule has 0 atom stereocenters. The zero-order valence-corrected chi connectivity index (χ0v) is 18.0. The van der Waals surface area contributed by atoms with Crippen molar-refractivity contribution < 1.29 is 28.9 Å². The maximum Gasteiger partial charge on any atom is 0.198 e. The Kier molecular flexibility index (Phi) is 7.63. The van der Waals surface area contributed by atoms with E-state index in [4.69, 9.17) is 14.2 Å². The van der Waals surface area contributed by atoms with Crippen LogP contribution >= 0.6 is 0 Å². The van der Waals surface area contributed by atoms with Gasteiger partial charge in [0.15, 0.2) is 12.1 Å². The van der Waals surface area contributed by atoms with E-state index in [0.29, 0.717) is 33.9 Å². The van der Waals surface area contributed by atoms with E-state index in [1.54, 1.807) is 93.3 Å². The lowest BCUT2D eigenvalue weighted by Crippen LogP contribution is -2.29. The first-order valence-corrected chi connectivity index (χ1v) is 10.1. The quantitative estimate of drug-likeness (QED) is 0.463. The normalized spacial score (nSPS) is 11.0. The number of aliphatic hydroxyl groups is 1. The first kappa shape index (κ1) is 23.0. The Morgan fingerprint density at radius 2 is 1.41 bits per heavy atom. The van der Waals surface area contributed by atoms with Gasteiger partial charge in [-0.3, -0.25) is 9.59 Å². The lowest BCUT2D eigenvalue weighted by molar-refractivity contribution is -0.120. The molecule has 6 nitrogen and oxygen atoms in total. The third kappa shape index (κ3) is 5.15. The Balaban J connectivity index is 1.99. The van der Waals surface area contributed by atoms with Gasteiger partial charge in [-0.1, -0.05) is 36.4 Å². The summed E-state index contributed by atoms with van der Waals surface area (Å²) < 4.78 is 16.1. The van der Waals surface area contributed by atoms with Crippen molar-refractivity contribution in [3.8, 4) is 17.2 Å². The maximum atomic E-state index is 12.0. The van der Waals surface area contributed by atoms with E-state index in [0.717, 1.165) is 0 Å². The first-order chi connectivity index (χ1) is 15.5. The molecular weight excluding hydrogens is 408 g/mol. The predicted molar refractivity (Wildman–Crippen MR) is 120 cm³/mol. The highest BCUT2D eigenvalue weighted by Gasteiger charge is 2.34. The Bertz CT molecular complexity index is 993. The number of ether oxygens (including phenoxy) is 3. The molecule has 1 N–H and O–H groups in total. The summed E-state index contributed by atoms with van der Waals surface area (Å²) in [4.78, 5) is 22.2. The standard InChI is InChI=1S/C26H25O6/c1-30-23-12-8-19(9-13-23)26(29,20-10-14-24(31-2)15-11-20)21-5-3-7-25(17-21)32-18-22(28)6-4-16-27/h3,5,7-15,17,29H,4,6,18H2,1-2H3. The fourth-order valence-electron chi connectivity index (χ4n) is 3.40. The molecule has 3 aromatic carbocycles. The average Bonchev–Trinajstić information content (AvgIpc) is 2.86. The van der Waals surface area contributed by atoms with E-state index in [9.17, 15) is 14.7 Å². The molecule has 32 heavy (non-hydrogen) atoms. The van der Waals surface area contributed by atoms with Gasteiger partial charge < -0.3 is 19.3 Å². The number of Topliss-reactive ketones (excluding diaryl/α,β-unsaturated/α-hetero) is 1. The third-order valence-corrected chi connectivity index (χ3v) is 5.17. The third-order valence-electron chi connectivity index (χ3n) is 5.17. The summed E-state index contributed by atoms with van der Waals surface area (Å²) in [5.41, 5.74) is 0.351. The van der Waals surface area contributed by atoms with Crippen molar-refractivity contribution in [1.82, 2.24) is 0 Å². The maximum absolute atomic E-state index is 12.0. The molecule has 0 aromatic heterocycles. The molecule has 0 spiro atoms. The second kappa shape index (κ2) is 10.6. The van der Waals surface area contributed by atoms with Gasteiger partial charge in [-0.25, -0.2) is 0 Å². The van der Waals surface area contributed by atoms with Crippen molar-refractivity contribution >= 4 is 12.1 Å². The summed E-state index contributed by atoms with van der Waals surface area (Å²) in [6.07, 6.45) is 1.84. The number of ketones is 1. The monoisotopic (exact) mass is 433 g/mol. The molecule has 0 fully saturated rings. The van der Waals surface area contributed by atoms with Gasteiger partial charge in [-0.15, -0.1) is 0 Å². The minimum absolute atomic E-state index is 0.0525. The molecule has 165 valence electrons. The highest BCUT2D eigenvalue weighted by atomic mass is 16.5. The number of benzene rings is 3. The van der Waals surface area contributed by atoms with E-state index >= 15 is 0 Å². The Morgan fingerprint density at radius 1 is 0.844 bits per heavy atom. The van der Waals surface area contributed by atoms with E-state index in [1.807, 2.05) is 0 Å². The summed E-state index contributed by atoms with van der Waals surface area (Å²) in [5, 5.41) is 12.0. The summed E-state index contributed by atoms with van der Waals surface area (Å²) in [7, 11) is 3.17. The van der Waals surface area contributed by atoms with Gasteiger partial charge in [0.25, 0.3) is 0 Å². The van der Waals surface area contributed by atoms with Gasteiger partial charge in [-0.2, -0.15) is 0 Å². The highest BCUT2D eigenvalue weighted by molar-refractivity contribution is 5.81. The molecule has 0 aliphatic carbocycles. The van der Waals surface area contributed by atoms with Crippen LogP contribution in [0.5, 0.6) is 17.2 Å². The van der Waals surface area contributed by atoms with Crippen LogP contribution in [-0.4, -0.2) is 38.0 Å². The van der Waals surface area contributed by atoms with Crippen LogP contribution < -0.4 is 14.2 Å². The van der Waals surface area contributed by atoms with Crippen LogP contribution in [0.3, 0.4) is 0 Å². The largest absolute Gasteiger partial charge is 0.497 e. The zero-order chi connectivity index (χ0) is 23.0. The Hall–Kier alpha value is -3.64. The molecule has 1 radical (unpaired) electrons. The van der Waals surface area contributed by atoms with Gasteiger partial charge in [-0.05, 0) is 53.1 Å². The minimum atomic E-state index is -1.49. The van der Waals surface area contributed by atoms with E-state index in [2.05, 4.69) is 0 Å². The minimum Gasteiger partial charge on any atom is -0.497 e. The van der Waals surface area contributed by atoms with Crippen molar-refractivity contribution in [2.45, 2.75) is 18.4 Å². The van der Waals surface area contributed by atoms with Crippen molar-refractivity contribution in [1.29, 1.82) is 0 Å². The molecule has 0 aliphatic rings. The van der Waals surface area contributed by atoms with Gasteiger partial charge in [0.1, 0.15) is 29.5 Å². The van der Waals surface area contributed by atoms with Crippen LogP contribution in [0.15, 0.2) is 72.8 Å². The molecule has 0 heterocycles. The smallest absolute Gasteiger partial charge is 0.198 e. The molecule has 0 saturated heterocycles.